The Morgan fingerprint density at radius 3 is 2.56 bits per heavy atom. The lowest BCUT2D eigenvalue weighted by Gasteiger charge is -2.22. The van der Waals surface area contributed by atoms with Crippen LogP contribution in [0.15, 0.2) is 23.8 Å². The number of allylic oxidation sites excluding steroid dienone is 3. The lowest BCUT2D eigenvalue weighted by molar-refractivity contribution is 0.520. The Hall–Kier alpha value is -0.560. The van der Waals surface area contributed by atoms with Gasteiger partial charge in [0.1, 0.15) is 0 Å². The van der Waals surface area contributed by atoms with Crippen LogP contribution in [0.5, 0.6) is 0 Å². The van der Waals surface area contributed by atoms with E-state index in [4.69, 9.17) is 0 Å². The first-order chi connectivity index (χ1) is 8.74. The van der Waals surface area contributed by atoms with Gasteiger partial charge in [-0.05, 0) is 44.6 Å². The second-order valence-electron chi connectivity index (χ2n) is 5.58. The summed E-state index contributed by atoms with van der Waals surface area (Å²) in [7, 11) is 2.11. The molecule has 1 heteroatoms. The Labute approximate surface area is 114 Å². The summed E-state index contributed by atoms with van der Waals surface area (Å²) in [6.07, 6.45) is 15.0. The smallest absolute Gasteiger partial charge is 0.0276 e. The van der Waals surface area contributed by atoms with Crippen LogP contribution < -0.4 is 5.32 Å². The van der Waals surface area contributed by atoms with Crippen molar-refractivity contribution in [2.45, 2.75) is 65.3 Å². The zero-order chi connectivity index (χ0) is 13.4. The normalized spacial score (nSPS) is 25.7. The van der Waals surface area contributed by atoms with E-state index in [1.54, 1.807) is 5.57 Å². The molecule has 1 aliphatic carbocycles. The fraction of sp³-hybridized carbons (Fsp3) is 0.765. The van der Waals surface area contributed by atoms with Crippen LogP contribution in [0.4, 0.5) is 0 Å². The molecule has 104 valence electrons. The van der Waals surface area contributed by atoms with Gasteiger partial charge in [-0.25, -0.2) is 0 Å². The number of nitrogens with one attached hydrogen (secondary N) is 1. The van der Waals surface area contributed by atoms with Gasteiger partial charge in [0.2, 0.25) is 0 Å². The maximum atomic E-state index is 3.51. The molecule has 0 aromatic carbocycles. The molecule has 18 heavy (non-hydrogen) atoms. The first-order valence-corrected chi connectivity index (χ1v) is 7.81. The van der Waals surface area contributed by atoms with Crippen molar-refractivity contribution in [3.63, 3.8) is 0 Å². The van der Waals surface area contributed by atoms with Crippen LogP contribution in [0.3, 0.4) is 0 Å². The second kappa shape index (κ2) is 8.53. The Morgan fingerprint density at radius 1 is 1.22 bits per heavy atom. The molecule has 3 unspecified atom stereocenters. The van der Waals surface area contributed by atoms with Gasteiger partial charge < -0.3 is 5.32 Å². The van der Waals surface area contributed by atoms with Gasteiger partial charge in [0.15, 0.2) is 0 Å². The highest BCUT2D eigenvalue weighted by atomic mass is 14.9. The number of likely N-dealkylation sites (N-methyl/N-ethyl adjacent to an activating group) is 1. The number of hydrogen-bond donors (Lipinski definition) is 1. The van der Waals surface area contributed by atoms with E-state index in [0.29, 0.717) is 12.0 Å². The summed E-state index contributed by atoms with van der Waals surface area (Å²) in [5.41, 5.74) is 1.65. The van der Waals surface area contributed by atoms with E-state index in [0.717, 1.165) is 5.92 Å². The summed E-state index contributed by atoms with van der Waals surface area (Å²) in [5, 5.41) is 3.51. The van der Waals surface area contributed by atoms with Crippen LogP contribution in [0.2, 0.25) is 0 Å². The molecule has 0 spiro atoms. The molecule has 0 aliphatic heterocycles. The Kier molecular flexibility index (Phi) is 7.34. The van der Waals surface area contributed by atoms with Crippen LogP contribution in [0, 0.1) is 11.8 Å². The second-order valence-corrected chi connectivity index (χ2v) is 5.58. The third-order valence-electron chi connectivity index (χ3n) is 4.08. The standard InChI is InChI=1S/C17H31N/c1-5-8-15-11-10-14(7-3)12-16(13-15)17(18-4)9-6-2/h10-11,13-15,17-18H,5-9,12H2,1-4H3. The molecular weight excluding hydrogens is 218 g/mol. The number of hydrogen-bond acceptors (Lipinski definition) is 1. The average molecular weight is 249 g/mol. The fourth-order valence-corrected chi connectivity index (χ4v) is 2.92. The maximum Gasteiger partial charge on any atom is 0.0276 e. The first kappa shape index (κ1) is 15.5. The van der Waals surface area contributed by atoms with Crippen molar-refractivity contribution in [1.82, 2.24) is 5.32 Å². The topological polar surface area (TPSA) is 12.0 Å². The molecule has 0 aromatic rings. The summed E-state index contributed by atoms with van der Waals surface area (Å²) >= 11 is 0. The lowest BCUT2D eigenvalue weighted by atomic mass is 9.91. The minimum absolute atomic E-state index is 0.586. The third-order valence-corrected chi connectivity index (χ3v) is 4.08. The molecule has 0 saturated carbocycles. The van der Waals surface area contributed by atoms with Gasteiger partial charge in [0, 0.05) is 6.04 Å². The highest BCUT2D eigenvalue weighted by Gasteiger charge is 2.18. The van der Waals surface area contributed by atoms with E-state index < -0.39 is 0 Å². The van der Waals surface area contributed by atoms with E-state index in [-0.39, 0.29) is 0 Å². The molecule has 1 rings (SSSR count). The van der Waals surface area contributed by atoms with Crippen molar-refractivity contribution in [2.24, 2.45) is 11.8 Å². The molecule has 0 amide bonds. The summed E-state index contributed by atoms with van der Waals surface area (Å²) in [5.74, 6) is 1.40. The van der Waals surface area contributed by atoms with Gasteiger partial charge in [0.25, 0.3) is 0 Å². The van der Waals surface area contributed by atoms with Crippen molar-refractivity contribution in [2.75, 3.05) is 7.05 Å². The van der Waals surface area contributed by atoms with E-state index in [1.807, 2.05) is 0 Å². The largest absolute Gasteiger partial charge is 0.313 e. The highest BCUT2D eigenvalue weighted by molar-refractivity contribution is 5.20. The molecule has 0 fully saturated rings. The van der Waals surface area contributed by atoms with Gasteiger partial charge in [-0.1, -0.05) is 57.4 Å². The SMILES string of the molecule is CCCC1C=CC(CC)CC(C(CCC)NC)=C1. The van der Waals surface area contributed by atoms with Crippen molar-refractivity contribution in [1.29, 1.82) is 0 Å². The monoisotopic (exact) mass is 249 g/mol. The predicted octanol–water partition coefficient (Wildman–Crippen LogP) is 4.70. The molecule has 0 heterocycles. The predicted molar refractivity (Wildman–Crippen MR) is 81.8 cm³/mol. The van der Waals surface area contributed by atoms with Crippen molar-refractivity contribution < 1.29 is 0 Å². The third kappa shape index (κ3) is 4.61. The minimum Gasteiger partial charge on any atom is -0.313 e. The molecule has 0 saturated heterocycles. The van der Waals surface area contributed by atoms with Crippen molar-refractivity contribution >= 4 is 0 Å². The van der Waals surface area contributed by atoms with Crippen LogP contribution in [-0.2, 0) is 0 Å². The fourth-order valence-electron chi connectivity index (χ4n) is 2.92. The zero-order valence-corrected chi connectivity index (χ0v) is 12.7. The van der Waals surface area contributed by atoms with Gasteiger partial charge >= 0.3 is 0 Å². The molecule has 1 aliphatic rings. The van der Waals surface area contributed by atoms with Crippen LogP contribution in [0.1, 0.15) is 59.3 Å². The summed E-state index contributed by atoms with van der Waals surface area (Å²) < 4.78 is 0. The van der Waals surface area contributed by atoms with E-state index >= 15 is 0 Å². The lowest BCUT2D eigenvalue weighted by Crippen LogP contribution is -2.28. The van der Waals surface area contributed by atoms with Gasteiger partial charge in [0.05, 0.1) is 0 Å². The Bertz CT molecular complexity index is 277. The molecule has 1 N–H and O–H groups in total. The van der Waals surface area contributed by atoms with Crippen molar-refractivity contribution in [3.8, 4) is 0 Å². The van der Waals surface area contributed by atoms with Gasteiger partial charge in [-0.2, -0.15) is 0 Å². The van der Waals surface area contributed by atoms with E-state index in [1.165, 1.54) is 38.5 Å². The molecule has 0 radical (unpaired) electrons. The average Bonchev–Trinajstić information content (AvgIpc) is 2.59. The Balaban J connectivity index is 2.83. The summed E-state index contributed by atoms with van der Waals surface area (Å²) in [4.78, 5) is 0. The zero-order valence-electron chi connectivity index (χ0n) is 12.7. The summed E-state index contributed by atoms with van der Waals surface area (Å²) in [6, 6.07) is 0.586. The molecule has 1 nitrogen and oxygen atoms in total. The van der Waals surface area contributed by atoms with E-state index in [2.05, 4.69) is 51.4 Å². The summed E-state index contributed by atoms with van der Waals surface area (Å²) in [6.45, 7) is 6.87. The highest BCUT2D eigenvalue weighted by Crippen LogP contribution is 2.28. The van der Waals surface area contributed by atoms with Crippen LogP contribution in [-0.4, -0.2) is 13.1 Å². The maximum absolute atomic E-state index is 3.51. The van der Waals surface area contributed by atoms with Crippen LogP contribution in [0.25, 0.3) is 0 Å². The first-order valence-electron chi connectivity index (χ1n) is 7.81. The number of rotatable bonds is 7. The van der Waals surface area contributed by atoms with Crippen LogP contribution >= 0.6 is 0 Å². The van der Waals surface area contributed by atoms with Gasteiger partial charge in [-0.15, -0.1) is 0 Å². The molecule has 0 aromatic heterocycles. The van der Waals surface area contributed by atoms with Gasteiger partial charge in [-0.3, -0.25) is 0 Å². The molecular formula is C17H31N. The quantitative estimate of drug-likeness (QED) is 0.645. The van der Waals surface area contributed by atoms with E-state index in [9.17, 15) is 0 Å². The minimum atomic E-state index is 0.586. The van der Waals surface area contributed by atoms with Crippen molar-refractivity contribution in [3.05, 3.63) is 23.8 Å². The molecule has 3 atom stereocenters. The molecule has 0 bridgehead atoms. The Morgan fingerprint density at radius 2 is 2.00 bits per heavy atom.